The van der Waals surface area contributed by atoms with Crippen LogP contribution >= 0.6 is 0 Å². The maximum Gasteiger partial charge on any atom is 0.374 e. The molecule has 0 atom stereocenters. The molecule has 0 unspecified atom stereocenters. The molecule has 1 rings (SSSR count). The Morgan fingerprint density at radius 2 is 2.00 bits per heavy atom. The molecule has 0 aliphatic carbocycles. The zero-order chi connectivity index (χ0) is 12.7. The van der Waals surface area contributed by atoms with Crippen molar-refractivity contribution in [3.63, 3.8) is 0 Å². The summed E-state index contributed by atoms with van der Waals surface area (Å²) in [5.74, 6) is -0.451. The lowest BCUT2D eigenvalue weighted by Gasteiger charge is -2.03. The Hall–Kier alpha value is -1.84. The molecule has 1 aromatic rings. The maximum absolute atomic E-state index is 11.2. The van der Waals surface area contributed by atoms with Crippen molar-refractivity contribution in [1.29, 1.82) is 0 Å². The summed E-state index contributed by atoms with van der Waals surface area (Å²) in [5, 5.41) is 0. The van der Waals surface area contributed by atoms with Crippen LogP contribution in [0.3, 0.4) is 0 Å². The highest BCUT2D eigenvalue weighted by Crippen LogP contribution is 2.14. The third-order valence-corrected chi connectivity index (χ3v) is 2.42. The lowest BCUT2D eigenvalue weighted by Crippen LogP contribution is -2.15. The van der Waals surface area contributed by atoms with E-state index in [1.54, 1.807) is 7.11 Å². The summed E-state index contributed by atoms with van der Waals surface area (Å²) >= 11 is 0. The van der Waals surface area contributed by atoms with Crippen molar-refractivity contribution in [2.24, 2.45) is 0 Å². The van der Waals surface area contributed by atoms with Crippen molar-refractivity contribution in [1.82, 2.24) is 0 Å². The van der Waals surface area contributed by atoms with Gasteiger partial charge in [0.2, 0.25) is 5.78 Å². The van der Waals surface area contributed by atoms with E-state index >= 15 is 0 Å². The highest BCUT2D eigenvalue weighted by Gasteiger charge is 2.12. The molecular weight excluding hydrogens is 220 g/mol. The van der Waals surface area contributed by atoms with Gasteiger partial charge in [0.1, 0.15) is 5.75 Å². The van der Waals surface area contributed by atoms with Gasteiger partial charge in [-0.2, -0.15) is 0 Å². The summed E-state index contributed by atoms with van der Waals surface area (Å²) in [7, 11) is 2.82. The third kappa shape index (κ3) is 4.26. The van der Waals surface area contributed by atoms with Crippen molar-refractivity contribution in [3.8, 4) is 5.75 Å². The van der Waals surface area contributed by atoms with Crippen LogP contribution in [0.15, 0.2) is 24.3 Å². The van der Waals surface area contributed by atoms with Gasteiger partial charge in [-0.15, -0.1) is 0 Å². The summed E-state index contributed by atoms with van der Waals surface area (Å²) in [6.07, 6.45) is 1.57. The Bertz CT molecular complexity index is 398. The number of hydrogen-bond acceptors (Lipinski definition) is 4. The maximum atomic E-state index is 11.2. The predicted octanol–water partition coefficient (Wildman–Crippen LogP) is 1.76. The van der Waals surface area contributed by atoms with Crippen molar-refractivity contribution in [2.45, 2.75) is 19.3 Å². The van der Waals surface area contributed by atoms with Gasteiger partial charge in [0.25, 0.3) is 0 Å². The number of aryl methyl sites for hydroxylation is 1. The number of carbonyl (C=O) groups is 2. The fraction of sp³-hybridized carbons (Fsp3) is 0.385. The molecule has 0 saturated carbocycles. The molecule has 4 nitrogen and oxygen atoms in total. The lowest BCUT2D eigenvalue weighted by molar-refractivity contribution is -0.151. The highest BCUT2D eigenvalue weighted by molar-refractivity contribution is 6.33. The average molecular weight is 236 g/mol. The summed E-state index contributed by atoms with van der Waals surface area (Å²) in [5.41, 5.74) is 1.09. The SMILES string of the molecule is COC(=O)C(=O)CCCc1cccc(OC)c1. The average Bonchev–Trinajstić information content (AvgIpc) is 2.37. The number of ether oxygens (including phenoxy) is 2. The van der Waals surface area contributed by atoms with E-state index < -0.39 is 11.8 Å². The predicted molar refractivity (Wildman–Crippen MR) is 63.0 cm³/mol. The van der Waals surface area contributed by atoms with E-state index in [9.17, 15) is 9.59 Å². The van der Waals surface area contributed by atoms with Gasteiger partial charge in [0.05, 0.1) is 14.2 Å². The number of methoxy groups -OCH3 is 2. The van der Waals surface area contributed by atoms with E-state index in [4.69, 9.17) is 4.74 Å². The van der Waals surface area contributed by atoms with E-state index in [2.05, 4.69) is 4.74 Å². The lowest BCUT2D eigenvalue weighted by atomic mass is 10.1. The van der Waals surface area contributed by atoms with E-state index in [1.165, 1.54) is 7.11 Å². The number of carbonyl (C=O) groups excluding carboxylic acids is 2. The molecule has 4 heteroatoms. The molecule has 0 amide bonds. The van der Waals surface area contributed by atoms with Crippen LogP contribution in [0.4, 0.5) is 0 Å². The highest BCUT2D eigenvalue weighted by atomic mass is 16.5. The van der Waals surface area contributed by atoms with Gasteiger partial charge in [0, 0.05) is 6.42 Å². The second-order valence-corrected chi connectivity index (χ2v) is 3.62. The Morgan fingerprint density at radius 3 is 2.65 bits per heavy atom. The standard InChI is InChI=1S/C13H16O4/c1-16-11-7-3-5-10(9-11)6-4-8-12(14)13(15)17-2/h3,5,7,9H,4,6,8H2,1-2H3. The van der Waals surface area contributed by atoms with Gasteiger partial charge in [-0.3, -0.25) is 4.79 Å². The van der Waals surface area contributed by atoms with Crippen LogP contribution < -0.4 is 4.74 Å². The fourth-order valence-electron chi connectivity index (χ4n) is 1.50. The first kappa shape index (κ1) is 13.2. The quantitative estimate of drug-likeness (QED) is 0.558. The van der Waals surface area contributed by atoms with Crippen molar-refractivity contribution >= 4 is 11.8 Å². The topological polar surface area (TPSA) is 52.6 Å². The Morgan fingerprint density at radius 1 is 1.24 bits per heavy atom. The fourth-order valence-corrected chi connectivity index (χ4v) is 1.50. The molecule has 0 aromatic heterocycles. The first-order valence-electron chi connectivity index (χ1n) is 5.41. The van der Waals surface area contributed by atoms with Gasteiger partial charge in [-0.05, 0) is 30.5 Å². The van der Waals surface area contributed by atoms with Gasteiger partial charge in [-0.1, -0.05) is 12.1 Å². The van der Waals surface area contributed by atoms with Crippen LogP contribution in [0.2, 0.25) is 0 Å². The van der Waals surface area contributed by atoms with Gasteiger partial charge < -0.3 is 9.47 Å². The van der Waals surface area contributed by atoms with Gasteiger partial charge >= 0.3 is 5.97 Å². The number of hydrogen-bond donors (Lipinski definition) is 0. The zero-order valence-electron chi connectivity index (χ0n) is 10.1. The minimum absolute atomic E-state index is 0.212. The number of ketones is 1. The Kier molecular flexibility index (Phi) is 5.20. The Balaban J connectivity index is 2.40. The van der Waals surface area contributed by atoms with E-state index in [-0.39, 0.29) is 6.42 Å². The molecular formula is C13H16O4. The molecule has 0 bridgehead atoms. The summed E-state index contributed by atoms with van der Waals surface area (Å²) in [6.45, 7) is 0. The molecule has 0 aliphatic rings. The number of esters is 1. The first-order valence-corrected chi connectivity index (χ1v) is 5.41. The largest absolute Gasteiger partial charge is 0.497 e. The molecule has 0 aliphatic heterocycles. The molecule has 0 fully saturated rings. The minimum atomic E-state index is -0.768. The van der Waals surface area contributed by atoms with Crippen LogP contribution in [0, 0.1) is 0 Å². The van der Waals surface area contributed by atoms with Crippen molar-refractivity contribution in [2.75, 3.05) is 14.2 Å². The van der Waals surface area contributed by atoms with Crippen LogP contribution in [-0.4, -0.2) is 26.0 Å². The summed E-state index contributed by atoms with van der Waals surface area (Å²) < 4.78 is 9.44. The monoisotopic (exact) mass is 236 g/mol. The smallest absolute Gasteiger partial charge is 0.374 e. The number of benzene rings is 1. The molecule has 0 N–H and O–H groups in total. The van der Waals surface area contributed by atoms with E-state index in [1.807, 2.05) is 24.3 Å². The molecule has 17 heavy (non-hydrogen) atoms. The molecule has 0 spiro atoms. The number of rotatable bonds is 6. The Labute approximate surface area is 101 Å². The van der Waals surface area contributed by atoms with Gasteiger partial charge in [0.15, 0.2) is 0 Å². The zero-order valence-corrected chi connectivity index (χ0v) is 10.1. The number of Topliss-reactive ketones (excluding diaryl/α,β-unsaturated/α-hetero) is 1. The van der Waals surface area contributed by atoms with Crippen molar-refractivity contribution < 1.29 is 19.1 Å². The van der Waals surface area contributed by atoms with Crippen LogP contribution in [-0.2, 0) is 20.7 Å². The minimum Gasteiger partial charge on any atom is -0.497 e. The molecule has 0 radical (unpaired) electrons. The normalized spacial score (nSPS) is 9.76. The second kappa shape index (κ2) is 6.68. The molecule has 0 saturated heterocycles. The molecule has 1 aromatic carbocycles. The van der Waals surface area contributed by atoms with Crippen LogP contribution in [0.25, 0.3) is 0 Å². The second-order valence-electron chi connectivity index (χ2n) is 3.62. The van der Waals surface area contributed by atoms with E-state index in [0.29, 0.717) is 6.42 Å². The van der Waals surface area contributed by atoms with Crippen LogP contribution in [0.5, 0.6) is 5.75 Å². The van der Waals surface area contributed by atoms with E-state index in [0.717, 1.165) is 17.7 Å². The molecule has 92 valence electrons. The van der Waals surface area contributed by atoms with Crippen molar-refractivity contribution in [3.05, 3.63) is 29.8 Å². The van der Waals surface area contributed by atoms with Crippen LogP contribution in [0.1, 0.15) is 18.4 Å². The summed E-state index contributed by atoms with van der Waals surface area (Å²) in [4.78, 5) is 22.1. The third-order valence-electron chi connectivity index (χ3n) is 2.42. The molecule has 0 heterocycles. The summed E-state index contributed by atoms with van der Waals surface area (Å²) in [6, 6.07) is 7.65. The van der Waals surface area contributed by atoms with Gasteiger partial charge in [-0.25, -0.2) is 4.79 Å². The first-order chi connectivity index (χ1) is 8.17.